The average molecular weight is 453 g/mol. The predicted octanol–water partition coefficient (Wildman–Crippen LogP) is 4.28. The number of hydrogen-bond acceptors (Lipinski definition) is 4. The van der Waals surface area contributed by atoms with Crippen LogP contribution in [0.1, 0.15) is 16.7 Å². The van der Waals surface area contributed by atoms with Crippen LogP contribution in [0.15, 0.2) is 42.7 Å². The van der Waals surface area contributed by atoms with Gasteiger partial charge in [0.05, 0.1) is 17.7 Å². The number of nitrogens with two attached hydrogens (primary N) is 1. The summed E-state index contributed by atoms with van der Waals surface area (Å²) in [6, 6.07) is 9.54. The second-order valence-electron chi connectivity index (χ2n) is 8.42. The fraction of sp³-hybridized carbons (Fsp3) is 0.292. The Morgan fingerprint density at radius 2 is 1.84 bits per heavy atom. The number of imidazole rings is 1. The van der Waals surface area contributed by atoms with Crippen molar-refractivity contribution >= 4 is 34.3 Å². The second-order valence-corrected chi connectivity index (χ2v) is 8.86. The van der Waals surface area contributed by atoms with Crippen LogP contribution >= 0.6 is 11.6 Å². The quantitative estimate of drug-likeness (QED) is 0.485. The molecule has 32 heavy (non-hydrogen) atoms. The number of rotatable bonds is 4. The number of piperazine rings is 1. The van der Waals surface area contributed by atoms with Crippen LogP contribution in [0.5, 0.6) is 0 Å². The fourth-order valence-electron chi connectivity index (χ4n) is 4.49. The lowest BCUT2D eigenvalue weighted by Gasteiger charge is -2.29. The molecule has 0 bridgehead atoms. The molecule has 8 heteroatoms. The first-order valence-corrected chi connectivity index (χ1v) is 11.1. The Morgan fingerprint density at radius 3 is 2.50 bits per heavy atom. The van der Waals surface area contributed by atoms with E-state index in [4.69, 9.17) is 22.3 Å². The molecule has 1 saturated heterocycles. The highest BCUT2D eigenvalue weighted by atomic mass is 35.5. The van der Waals surface area contributed by atoms with Gasteiger partial charge in [-0.2, -0.15) is 0 Å². The Hall–Kier alpha value is -3.03. The number of hydrogen-bond donors (Lipinski definition) is 2. The number of fused-ring (bicyclic) bond motifs is 1. The van der Waals surface area contributed by atoms with Crippen LogP contribution in [-0.2, 0) is 6.54 Å². The highest BCUT2D eigenvalue weighted by Gasteiger charge is 2.22. The van der Waals surface area contributed by atoms with E-state index in [-0.39, 0.29) is 5.82 Å². The van der Waals surface area contributed by atoms with Gasteiger partial charge in [0, 0.05) is 49.3 Å². The molecule has 2 aromatic carbocycles. The van der Waals surface area contributed by atoms with E-state index in [2.05, 4.69) is 14.8 Å². The van der Waals surface area contributed by atoms with Crippen LogP contribution < -0.4 is 16.0 Å². The summed E-state index contributed by atoms with van der Waals surface area (Å²) in [4.78, 5) is 7.38. The van der Waals surface area contributed by atoms with Crippen molar-refractivity contribution in [1.82, 2.24) is 19.4 Å². The van der Waals surface area contributed by atoms with E-state index in [9.17, 15) is 4.39 Å². The molecule has 0 aliphatic carbocycles. The molecule has 3 N–H and O–H groups in total. The highest BCUT2D eigenvalue weighted by Crippen LogP contribution is 2.32. The summed E-state index contributed by atoms with van der Waals surface area (Å²) in [5, 5.41) is 4.02. The first-order chi connectivity index (χ1) is 15.4. The normalized spacial score (nSPS) is 14.4. The maximum atomic E-state index is 14.2. The van der Waals surface area contributed by atoms with Crippen molar-refractivity contribution in [2.24, 2.45) is 0 Å². The lowest BCUT2D eigenvalue weighted by Crippen LogP contribution is -2.44. The van der Waals surface area contributed by atoms with Gasteiger partial charge in [0.25, 0.3) is 0 Å². The van der Waals surface area contributed by atoms with Crippen LogP contribution in [-0.4, -0.2) is 40.3 Å². The molecule has 0 unspecified atom stereocenters. The van der Waals surface area contributed by atoms with Crippen molar-refractivity contribution in [3.63, 3.8) is 0 Å². The van der Waals surface area contributed by atoms with Gasteiger partial charge < -0.3 is 25.1 Å². The molecule has 1 aliphatic rings. The third-order valence-corrected chi connectivity index (χ3v) is 6.23. The lowest BCUT2D eigenvalue weighted by molar-refractivity contribution is 0.571. The number of halogens is 2. The van der Waals surface area contributed by atoms with Crippen molar-refractivity contribution in [1.29, 1.82) is 0 Å². The van der Waals surface area contributed by atoms with Gasteiger partial charge in [-0.15, -0.1) is 0 Å². The monoisotopic (exact) mass is 452 g/mol. The summed E-state index contributed by atoms with van der Waals surface area (Å²) >= 11 is 6.56. The molecule has 0 amide bonds. The Bertz CT molecular complexity index is 1280. The van der Waals surface area contributed by atoms with E-state index < -0.39 is 0 Å². The fourth-order valence-corrected chi connectivity index (χ4v) is 4.70. The van der Waals surface area contributed by atoms with Gasteiger partial charge in [-0.1, -0.05) is 23.7 Å². The standard InChI is InChI=1S/C24H26ClFN6/c1-15-9-17(10-16(2)22(15)26)13-32-21-12-18(25)11-20(31-6-3-19(27)14-31)23(21)29-24(32)30-7-4-28-5-8-30/h3,6,9-12,14,28H,4-5,7-8,13,27H2,1-2H3. The van der Waals surface area contributed by atoms with Gasteiger partial charge in [-0.3, -0.25) is 0 Å². The molecule has 0 saturated carbocycles. The molecule has 1 fully saturated rings. The van der Waals surface area contributed by atoms with Crippen molar-refractivity contribution in [3.8, 4) is 5.69 Å². The smallest absolute Gasteiger partial charge is 0.207 e. The number of nitrogen functional groups attached to an aromatic ring is 1. The Balaban J connectivity index is 1.71. The van der Waals surface area contributed by atoms with Gasteiger partial charge in [0.1, 0.15) is 11.3 Å². The van der Waals surface area contributed by atoms with Crippen LogP contribution in [0.25, 0.3) is 16.7 Å². The third kappa shape index (κ3) is 3.72. The van der Waals surface area contributed by atoms with Crippen LogP contribution in [0.2, 0.25) is 5.02 Å². The van der Waals surface area contributed by atoms with Crippen molar-refractivity contribution in [2.75, 3.05) is 36.8 Å². The molecule has 3 heterocycles. The van der Waals surface area contributed by atoms with Gasteiger partial charge in [0.15, 0.2) is 0 Å². The zero-order chi connectivity index (χ0) is 22.4. The first kappa shape index (κ1) is 20.8. The van der Waals surface area contributed by atoms with Gasteiger partial charge in [-0.05, 0) is 48.7 Å². The summed E-state index contributed by atoms with van der Waals surface area (Å²) < 4.78 is 18.4. The molecule has 166 valence electrons. The molecule has 0 radical (unpaired) electrons. The van der Waals surface area contributed by atoms with Gasteiger partial charge in [-0.25, -0.2) is 9.37 Å². The summed E-state index contributed by atoms with van der Waals surface area (Å²) in [6.45, 7) is 7.72. The molecule has 1 aliphatic heterocycles. The molecule has 6 nitrogen and oxygen atoms in total. The topological polar surface area (TPSA) is 64.0 Å². The SMILES string of the molecule is Cc1cc(Cn2c(N3CCNCC3)nc3c(-n4ccc(N)c4)cc(Cl)cc32)cc(C)c1F. The first-order valence-electron chi connectivity index (χ1n) is 10.8. The number of nitrogens with zero attached hydrogens (tertiary/aromatic N) is 4. The minimum Gasteiger partial charge on any atom is -0.397 e. The third-order valence-electron chi connectivity index (χ3n) is 6.01. The highest BCUT2D eigenvalue weighted by molar-refractivity contribution is 6.31. The minimum absolute atomic E-state index is 0.151. The zero-order valence-electron chi connectivity index (χ0n) is 18.2. The number of nitrogens with one attached hydrogen (secondary N) is 1. The molecular formula is C24H26ClFN6. The van der Waals surface area contributed by atoms with E-state index in [1.54, 1.807) is 13.8 Å². The maximum Gasteiger partial charge on any atom is 0.207 e. The van der Waals surface area contributed by atoms with Crippen LogP contribution in [0.3, 0.4) is 0 Å². The summed E-state index contributed by atoms with van der Waals surface area (Å²) in [5.74, 6) is 0.742. The van der Waals surface area contributed by atoms with Gasteiger partial charge >= 0.3 is 0 Å². The van der Waals surface area contributed by atoms with Crippen LogP contribution in [0, 0.1) is 19.7 Å². The number of aromatic nitrogens is 3. The zero-order valence-corrected chi connectivity index (χ0v) is 19.0. The minimum atomic E-state index is -0.151. The molecule has 0 atom stereocenters. The molecule has 0 spiro atoms. The molecule has 4 aromatic rings. The number of aryl methyl sites for hydroxylation is 2. The maximum absolute atomic E-state index is 14.2. The second kappa shape index (κ2) is 8.15. The van der Waals surface area contributed by atoms with E-state index in [1.165, 1.54) is 0 Å². The van der Waals surface area contributed by atoms with Crippen LogP contribution in [0.4, 0.5) is 16.0 Å². The molecule has 2 aromatic heterocycles. The number of anilines is 2. The summed E-state index contributed by atoms with van der Waals surface area (Å²) in [6.07, 6.45) is 3.78. The largest absolute Gasteiger partial charge is 0.397 e. The Kier molecular flexibility index (Phi) is 5.31. The number of benzene rings is 2. The Labute approximate surface area is 191 Å². The van der Waals surface area contributed by atoms with Gasteiger partial charge in [0.2, 0.25) is 5.95 Å². The Morgan fingerprint density at radius 1 is 1.12 bits per heavy atom. The van der Waals surface area contributed by atoms with E-state index in [0.29, 0.717) is 28.4 Å². The van der Waals surface area contributed by atoms with E-state index in [0.717, 1.165) is 54.4 Å². The van der Waals surface area contributed by atoms with Crippen molar-refractivity contribution in [2.45, 2.75) is 20.4 Å². The average Bonchev–Trinajstić information content (AvgIpc) is 3.36. The lowest BCUT2D eigenvalue weighted by atomic mass is 10.1. The molecule has 5 rings (SSSR count). The summed E-state index contributed by atoms with van der Waals surface area (Å²) in [5.41, 5.74) is 11.6. The summed E-state index contributed by atoms with van der Waals surface area (Å²) in [7, 11) is 0. The van der Waals surface area contributed by atoms with Crippen molar-refractivity contribution < 1.29 is 4.39 Å². The van der Waals surface area contributed by atoms with Crippen molar-refractivity contribution in [3.05, 3.63) is 70.3 Å². The molecular weight excluding hydrogens is 427 g/mol. The van der Waals surface area contributed by atoms with E-state index in [1.807, 2.05) is 47.3 Å². The van der Waals surface area contributed by atoms with E-state index >= 15 is 0 Å². The predicted molar refractivity (Wildman–Crippen MR) is 129 cm³/mol.